The van der Waals surface area contributed by atoms with Crippen molar-refractivity contribution in [3.05, 3.63) is 71.7 Å². The number of pyridine rings is 1. The zero-order chi connectivity index (χ0) is 21.3. The fraction of sp³-hybridized carbons (Fsp3) is 0.250. The Bertz CT molecular complexity index is 1160. The Morgan fingerprint density at radius 1 is 1.40 bits per heavy atom. The minimum Gasteiger partial charge on any atom is -0.404 e. The summed E-state index contributed by atoms with van der Waals surface area (Å²) in [5, 5.41) is 4.03. The van der Waals surface area contributed by atoms with Crippen LogP contribution < -0.4 is 11.1 Å². The van der Waals surface area contributed by atoms with Crippen LogP contribution in [-0.4, -0.2) is 21.6 Å². The number of hydrogen-bond donors (Lipinski definition) is 3. The fourth-order valence-electron chi connectivity index (χ4n) is 3.59. The van der Waals surface area contributed by atoms with Gasteiger partial charge in [0, 0.05) is 45.4 Å². The molecule has 154 valence electrons. The Kier molecular flexibility index (Phi) is 5.68. The van der Waals surface area contributed by atoms with Crippen molar-refractivity contribution in [1.29, 1.82) is 0 Å². The molecule has 4 rings (SSSR count). The lowest BCUT2D eigenvalue weighted by Gasteiger charge is -2.13. The van der Waals surface area contributed by atoms with E-state index in [2.05, 4.69) is 34.9 Å². The van der Waals surface area contributed by atoms with E-state index in [0.29, 0.717) is 0 Å². The summed E-state index contributed by atoms with van der Waals surface area (Å²) in [7, 11) is 0. The first-order valence-corrected chi connectivity index (χ1v) is 11.1. The van der Waals surface area contributed by atoms with Crippen LogP contribution in [0.3, 0.4) is 0 Å². The molecule has 0 atom stereocenters. The number of thioether (sulfide) groups is 1. The number of aromatic amines is 1. The molecule has 4 N–H and O–H groups in total. The van der Waals surface area contributed by atoms with E-state index in [4.69, 9.17) is 5.73 Å². The Morgan fingerprint density at radius 2 is 2.20 bits per heavy atom. The molecule has 1 aromatic carbocycles. The standard InChI is InChI=1S/C24H26N4OS/c1-4-30-15(3)22-21(19-10-14(2)13-26-23(19)28-22)20(12-25)17-6-5-7-18(11-17)27-24(29)16-8-9-16/h5-7,10-13,16H,3-4,8-9,25H2,1-2H3,(H,26,28)(H,27,29)/b20-12-. The predicted octanol–water partition coefficient (Wildman–Crippen LogP) is 5.29. The second-order valence-corrected chi connectivity index (χ2v) is 8.92. The van der Waals surface area contributed by atoms with Gasteiger partial charge in [0.05, 0.1) is 5.69 Å². The van der Waals surface area contributed by atoms with Gasteiger partial charge in [0.1, 0.15) is 5.65 Å². The molecule has 0 saturated heterocycles. The first-order valence-electron chi connectivity index (χ1n) is 10.2. The van der Waals surface area contributed by atoms with Crippen molar-refractivity contribution in [2.75, 3.05) is 11.1 Å². The van der Waals surface area contributed by atoms with Gasteiger partial charge in [-0.05, 0) is 54.8 Å². The molecule has 0 radical (unpaired) electrons. The predicted molar refractivity (Wildman–Crippen MR) is 127 cm³/mol. The van der Waals surface area contributed by atoms with Crippen molar-refractivity contribution >= 4 is 44.9 Å². The maximum atomic E-state index is 12.2. The van der Waals surface area contributed by atoms with Gasteiger partial charge in [-0.25, -0.2) is 4.98 Å². The lowest BCUT2D eigenvalue weighted by atomic mass is 9.95. The first-order chi connectivity index (χ1) is 14.5. The molecular formula is C24H26N4OS. The van der Waals surface area contributed by atoms with Crippen molar-refractivity contribution in [3.8, 4) is 0 Å². The fourth-order valence-corrected chi connectivity index (χ4v) is 4.23. The highest BCUT2D eigenvalue weighted by molar-refractivity contribution is 8.08. The average molecular weight is 419 g/mol. The Labute approximate surface area is 180 Å². The quantitative estimate of drug-likeness (QED) is 0.487. The van der Waals surface area contributed by atoms with Crippen LogP contribution >= 0.6 is 11.8 Å². The topological polar surface area (TPSA) is 83.8 Å². The lowest BCUT2D eigenvalue weighted by molar-refractivity contribution is -0.117. The second-order valence-electron chi connectivity index (χ2n) is 7.56. The lowest BCUT2D eigenvalue weighted by Crippen LogP contribution is -2.13. The highest BCUT2D eigenvalue weighted by Crippen LogP contribution is 2.39. The summed E-state index contributed by atoms with van der Waals surface area (Å²) in [5.41, 5.74) is 12.5. The van der Waals surface area contributed by atoms with Crippen molar-refractivity contribution in [1.82, 2.24) is 9.97 Å². The normalized spacial score (nSPS) is 14.1. The van der Waals surface area contributed by atoms with Gasteiger partial charge in [-0.15, -0.1) is 11.8 Å². The summed E-state index contributed by atoms with van der Waals surface area (Å²) in [4.78, 5) is 21.1. The van der Waals surface area contributed by atoms with E-state index >= 15 is 0 Å². The van der Waals surface area contributed by atoms with Crippen molar-refractivity contribution in [2.45, 2.75) is 26.7 Å². The van der Waals surface area contributed by atoms with Crippen LogP contribution in [0.1, 0.15) is 42.1 Å². The molecule has 1 aliphatic rings. The van der Waals surface area contributed by atoms with Gasteiger partial charge >= 0.3 is 0 Å². The number of nitrogens with zero attached hydrogens (tertiary/aromatic N) is 1. The molecule has 0 spiro atoms. The van der Waals surface area contributed by atoms with Gasteiger partial charge in [0.2, 0.25) is 5.91 Å². The van der Waals surface area contributed by atoms with Gasteiger partial charge in [-0.2, -0.15) is 0 Å². The number of carbonyl (C=O) groups excluding carboxylic acids is 1. The number of amides is 1. The number of H-pyrrole nitrogens is 1. The number of nitrogens with one attached hydrogen (secondary N) is 2. The monoisotopic (exact) mass is 418 g/mol. The maximum Gasteiger partial charge on any atom is 0.227 e. The summed E-state index contributed by atoms with van der Waals surface area (Å²) in [6, 6.07) is 9.94. The Morgan fingerprint density at radius 3 is 2.90 bits per heavy atom. The molecule has 0 bridgehead atoms. The van der Waals surface area contributed by atoms with E-state index in [-0.39, 0.29) is 11.8 Å². The van der Waals surface area contributed by atoms with Gasteiger partial charge in [0.15, 0.2) is 0 Å². The number of aryl methyl sites for hydroxylation is 1. The van der Waals surface area contributed by atoms with Crippen molar-refractivity contribution < 1.29 is 4.79 Å². The van der Waals surface area contributed by atoms with E-state index in [0.717, 1.165) is 68.2 Å². The molecular weight excluding hydrogens is 392 g/mol. The largest absolute Gasteiger partial charge is 0.404 e. The molecule has 2 aromatic heterocycles. The van der Waals surface area contributed by atoms with E-state index in [1.165, 1.54) is 0 Å². The number of benzene rings is 1. The molecule has 1 amide bonds. The third kappa shape index (κ3) is 4.00. The zero-order valence-electron chi connectivity index (χ0n) is 17.3. The summed E-state index contributed by atoms with van der Waals surface area (Å²) in [6.07, 6.45) is 5.42. The SMILES string of the molecule is C=C(SCC)c1[nH]c2ncc(C)cc2c1/C(=C\N)c1cccc(NC(=O)C2CC2)c1. The molecule has 0 aliphatic heterocycles. The van der Waals surface area contributed by atoms with E-state index in [1.807, 2.05) is 37.4 Å². The molecule has 3 aromatic rings. The molecule has 5 nitrogen and oxygen atoms in total. The first kappa shape index (κ1) is 20.3. The minimum atomic E-state index is 0.0887. The van der Waals surface area contributed by atoms with Gasteiger partial charge in [-0.3, -0.25) is 4.79 Å². The number of nitrogens with two attached hydrogens (primary N) is 1. The number of carbonyl (C=O) groups is 1. The molecule has 30 heavy (non-hydrogen) atoms. The average Bonchev–Trinajstić information content (AvgIpc) is 3.52. The van der Waals surface area contributed by atoms with E-state index in [9.17, 15) is 4.79 Å². The van der Waals surface area contributed by atoms with Crippen molar-refractivity contribution in [2.24, 2.45) is 11.7 Å². The smallest absolute Gasteiger partial charge is 0.227 e. The number of fused-ring (bicyclic) bond motifs is 1. The van der Waals surface area contributed by atoms with Crippen LogP contribution in [0.4, 0.5) is 5.69 Å². The van der Waals surface area contributed by atoms with E-state index < -0.39 is 0 Å². The van der Waals surface area contributed by atoms with Crippen LogP contribution in [0.15, 0.2) is 49.3 Å². The van der Waals surface area contributed by atoms with Crippen molar-refractivity contribution in [3.63, 3.8) is 0 Å². The highest BCUT2D eigenvalue weighted by atomic mass is 32.2. The molecule has 2 heterocycles. The number of hydrogen-bond acceptors (Lipinski definition) is 4. The molecule has 6 heteroatoms. The number of aromatic nitrogens is 2. The minimum absolute atomic E-state index is 0.0887. The van der Waals surface area contributed by atoms with Crippen LogP contribution in [0.25, 0.3) is 21.5 Å². The Balaban J connectivity index is 1.81. The molecule has 1 fully saturated rings. The highest BCUT2D eigenvalue weighted by Gasteiger charge is 2.29. The van der Waals surface area contributed by atoms with Crippen LogP contribution in [0, 0.1) is 12.8 Å². The van der Waals surface area contributed by atoms with Crippen LogP contribution in [0.5, 0.6) is 0 Å². The van der Waals surface area contributed by atoms with Crippen LogP contribution in [-0.2, 0) is 4.79 Å². The summed E-state index contributed by atoms with van der Waals surface area (Å²) >= 11 is 1.68. The van der Waals surface area contributed by atoms with Crippen LogP contribution in [0.2, 0.25) is 0 Å². The molecule has 1 saturated carbocycles. The van der Waals surface area contributed by atoms with E-state index in [1.54, 1.807) is 18.0 Å². The number of rotatable bonds is 7. The second kappa shape index (κ2) is 8.40. The summed E-state index contributed by atoms with van der Waals surface area (Å²) in [5.74, 6) is 1.16. The molecule has 0 unspecified atom stereocenters. The van der Waals surface area contributed by atoms with Gasteiger partial charge < -0.3 is 16.0 Å². The van der Waals surface area contributed by atoms with Gasteiger partial charge in [-0.1, -0.05) is 25.6 Å². The third-order valence-electron chi connectivity index (χ3n) is 5.21. The van der Waals surface area contributed by atoms with Gasteiger partial charge in [0.25, 0.3) is 0 Å². The zero-order valence-corrected chi connectivity index (χ0v) is 18.1. The summed E-state index contributed by atoms with van der Waals surface area (Å²) in [6.45, 7) is 8.40. The third-order valence-corrected chi connectivity index (χ3v) is 6.05. The maximum absolute atomic E-state index is 12.2. The number of anilines is 1. The summed E-state index contributed by atoms with van der Waals surface area (Å²) < 4.78 is 0. The molecule has 1 aliphatic carbocycles. The Hall–Kier alpha value is -2.99.